The summed E-state index contributed by atoms with van der Waals surface area (Å²) in [6, 6.07) is 7.15. The summed E-state index contributed by atoms with van der Waals surface area (Å²) < 4.78 is 10.3. The fourth-order valence-corrected chi connectivity index (χ4v) is 1.95. The predicted molar refractivity (Wildman–Crippen MR) is 75.5 cm³/mol. The van der Waals surface area contributed by atoms with E-state index in [0.29, 0.717) is 24.5 Å². The molecule has 0 bridgehead atoms. The van der Waals surface area contributed by atoms with Gasteiger partial charge in [-0.2, -0.15) is 0 Å². The number of hydrogen-bond acceptors (Lipinski definition) is 4. The van der Waals surface area contributed by atoms with Gasteiger partial charge in [0.15, 0.2) is 0 Å². The zero-order valence-electron chi connectivity index (χ0n) is 11.4. The highest BCUT2D eigenvalue weighted by atomic mass is 16.6. The predicted octanol–water partition coefficient (Wildman–Crippen LogP) is 1.41. The fraction of sp³-hybridized carbons (Fsp3) is 0.333. The van der Waals surface area contributed by atoms with Crippen LogP contribution < -0.4 is 10.6 Å². The molecule has 2 aliphatic rings. The minimum atomic E-state index is -0.429. The van der Waals surface area contributed by atoms with Crippen LogP contribution in [-0.2, 0) is 14.3 Å². The maximum Gasteiger partial charge on any atom is 0.294 e. The Hall–Kier alpha value is -2.50. The van der Waals surface area contributed by atoms with Crippen molar-refractivity contribution < 1.29 is 19.1 Å². The van der Waals surface area contributed by atoms with Crippen molar-refractivity contribution in [3.8, 4) is 0 Å². The van der Waals surface area contributed by atoms with Crippen LogP contribution in [0.25, 0.3) is 0 Å². The third-order valence-corrected chi connectivity index (χ3v) is 3.21. The highest BCUT2D eigenvalue weighted by Gasteiger charge is 2.25. The molecule has 0 radical (unpaired) electrons. The van der Waals surface area contributed by atoms with Crippen molar-refractivity contribution in [2.24, 2.45) is 0 Å². The summed E-state index contributed by atoms with van der Waals surface area (Å²) in [4.78, 5) is 24.2. The van der Waals surface area contributed by atoms with Gasteiger partial charge in [0.2, 0.25) is 5.76 Å². The maximum absolute atomic E-state index is 12.1. The average molecular weight is 288 g/mol. The Labute approximate surface area is 122 Å². The monoisotopic (exact) mass is 288 g/mol. The van der Waals surface area contributed by atoms with Crippen LogP contribution in [0.5, 0.6) is 0 Å². The van der Waals surface area contributed by atoms with Crippen LogP contribution in [0.4, 0.5) is 5.69 Å². The van der Waals surface area contributed by atoms with Crippen LogP contribution in [0.15, 0.2) is 36.3 Å². The summed E-state index contributed by atoms with van der Waals surface area (Å²) in [5.41, 5.74) is 0.894. The van der Waals surface area contributed by atoms with Crippen molar-refractivity contribution in [3.63, 3.8) is 0 Å². The summed E-state index contributed by atoms with van der Waals surface area (Å²) in [6.45, 7) is 0.764. The minimum Gasteiger partial charge on any atom is -0.494 e. The van der Waals surface area contributed by atoms with Crippen molar-refractivity contribution in [2.45, 2.75) is 18.9 Å². The molecule has 0 atom stereocenters. The second-order valence-corrected chi connectivity index (χ2v) is 4.95. The molecular weight excluding hydrogens is 272 g/mol. The molecule has 21 heavy (non-hydrogen) atoms. The van der Waals surface area contributed by atoms with Gasteiger partial charge >= 0.3 is 0 Å². The number of nitrogens with one attached hydrogen (secondary N) is 2. The molecule has 1 aliphatic heterocycles. The van der Waals surface area contributed by atoms with Crippen LogP contribution in [0.1, 0.15) is 23.2 Å². The normalized spacial score (nSPS) is 17.0. The molecule has 0 unspecified atom stereocenters. The fourth-order valence-electron chi connectivity index (χ4n) is 1.95. The van der Waals surface area contributed by atoms with Crippen molar-refractivity contribution in [3.05, 3.63) is 41.9 Å². The first kappa shape index (κ1) is 13.5. The SMILES string of the molecule is O=C(Nc1ccccc1C(=O)NC1CC1)C1=COCCO1. The molecule has 1 aromatic rings. The van der Waals surface area contributed by atoms with Crippen molar-refractivity contribution >= 4 is 17.5 Å². The zero-order chi connectivity index (χ0) is 14.7. The molecule has 1 heterocycles. The van der Waals surface area contributed by atoms with E-state index < -0.39 is 5.91 Å². The van der Waals surface area contributed by atoms with E-state index in [1.807, 2.05) is 0 Å². The summed E-state index contributed by atoms with van der Waals surface area (Å²) in [7, 11) is 0. The lowest BCUT2D eigenvalue weighted by atomic mass is 10.1. The summed E-state index contributed by atoms with van der Waals surface area (Å²) in [5, 5.41) is 5.58. The van der Waals surface area contributed by atoms with Crippen LogP contribution in [0.2, 0.25) is 0 Å². The van der Waals surface area contributed by atoms with Crippen molar-refractivity contribution in [1.82, 2.24) is 5.32 Å². The largest absolute Gasteiger partial charge is 0.494 e. The Balaban J connectivity index is 1.73. The van der Waals surface area contributed by atoms with Crippen LogP contribution in [-0.4, -0.2) is 31.1 Å². The number of ether oxygens (including phenoxy) is 2. The smallest absolute Gasteiger partial charge is 0.294 e. The highest BCUT2D eigenvalue weighted by Crippen LogP contribution is 2.22. The first-order chi connectivity index (χ1) is 10.2. The molecule has 1 saturated carbocycles. The average Bonchev–Trinajstić information content (AvgIpc) is 3.32. The number of anilines is 1. The lowest BCUT2D eigenvalue weighted by molar-refractivity contribution is -0.117. The molecule has 3 rings (SSSR count). The number of hydrogen-bond donors (Lipinski definition) is 2. The van der Waals surface area contributed by atoms with Crippen LogP contribution >= 0.6 is 0 Å². The zero-order valence-corrected chi connectivity index (χ0v) is 11.4. The van der Waals surface area contributed by atoms with Gasteiger partial charge in [0, 0.05) is 6.04 Å². The lowest BCUT2D eigenvalue weighted by Gasteiger charge is -2.16. The first-order valence-electron chi connectivity index (χ1n) is 6.90. The van der Waals surface area contributed by atoms with E-state index in [2.05, 4.69) is 10.6 Å². The minimum absolute atomic E-state index is 0.110. The third kappa shape index (κ3) is 3.34. The Kier molecular flexibility index (Phi) is 3.77. The number of rotatable bonds is 4. The van der Waals surface area contributed by atoms with Gasteiger partial charge in [-0.25, -0.2) is 0 Å². The number of carbonyl (C=O) groups excluding carboxylic acids is 2. The Morgan fingerprint density at radius 1 is 1.10 bits per heavy atom. The second-order valence-electron chi connectivity index (χ2n) is 4.95. The Morgan fingerprint density at radius 3 is 2.62 bits per heavy atom. The maximum atomic E-state index is 12.1. The van der Waals surface area contributed by atoms with E-state index in [-0.39, 0.29) is 17.7 Å². The van der Waals surface area contributed by atoms with E-state index in [1.165, 1.54) is 6.26 Å². The van der Waals surface area contributed by atoms with Gasteiger partial charge in [-0.1, -0.05) is 12.1 Å². The van der Waals surface area contributed by atoms with E-state index >= 15 is 0 Å². The molecule has 1 aliphatic carbocycles. The van der Waals surface area contributed by atoms with Crippen molar-refractivity contribution in [2.75, 3.05) is 18.5 Å². The van der Waals surface area contributed by atoms with Gasteiger partial charge < -0.3 is 20.1 Å². The third-order valence-electron chi connectivity index (χ3n) is 3.21. The van der Waals surface area contributed by atoms with E-state index in [4.69, 9.17) is 9.47 Å². The molecular formula is C15H16N2O4. The Morgan fingerprint density at radius 2 is 1.90 bits per heavy atom. The molecule has 0 saturated heterocycles. The second kappa shape index (κ2) is 5.87. The molecule has 6 nitrogen and oxygen atoms in total. The van der Waals surface area contributed by atoms with Gasteiger partial charge in [-0.15, -0.1) is 0 Å². The van der Waals surface area contributed by atoms with Gasteiger partial charge in [-0.05, 0) is 25.0 Å². The Bertz CT molecular complexity index is 593. The molecule has 6 heteroatoms. The number of benzene rings is 1. The van der Waals surface area contributed by atoms with Gasteiger partial charge in [0.05, 0.1) is 11.3 Å². The number of amides is 2. The summed E-state index contributed by atoms with van der Waals surface area (Å²) in [6.07, 6.45) is 3.31. The molecule has 2 N–H and O–H groups in total. The first-order valence-corrected chi connectivity index (χ1v) is 6.90. The molecule has 0 aromatic heterocycles. The quantitative estimate of drug-likeness (QED) is 0.878. The molecule has 1 fully saturated rings. The highest BCUT2D eigenvalue weighted by molar-refractivity contribution is 6.07. The lowest BCUT2D eigenvalue weighted by Crippen LogP contribution is -2.27. The van der Waals surface area contributed by atoms with E-state index in [0.717, 1.165) is 12.8 Å². The van der Waals surface area contributed by atoms with Gasteiger partial charge in [0.25, 0.3) is 11.8 Å². The summed E-state index contributed by atoms with van der Waals surface area (Å²) >= 11 is 0. The topological polar surface area (TPSA) is 76.7 Å². The summed E-state index contributed by atoms with van der Waals surface area (Å²) in [5.74, 6) is -0.497. The molecule has 2 amide bonds. The van der Waals surface area contributed by atoms with E-state index in [9.17, 15) is 9.59 Å². The van der Waals surface area contributed by atoms with Crippen molar-refractivity contribution in [1.29, 1.82) is 0 Å². The molecule has 1 aromatic carbocycles. The van der Waals surface area contributed by atoms with Gasteiger partial charge in [0.1, 0.15) is 19.5 Å². The molecule has 110 valence electrons. The number of para-hydroxylation sites is 1. The van der Waals surface area contributed by atoms with Crippen LogP contribution in [0, 0.1) is 0 Å². The standard InChI is InChI=1S/C15H16N2O4/c18-14(16-10-5-6-10)11-3-1-2-4-12(11)17-15(19)13-9-20-7-8-21-13/h1-4,9-10H,5-8H2,(H,16,18)(H,17,19). The van der Waals surface area contributed by atoms with Crippen LogP contribution in [0.3, 0.4) is 0 Å². The molecule has 0 spiro atoms. The van der Waals surface area contributed by atoms with E-state index in [1.54, 1.807) is 24.3 Å². The van der Waals surface area contributed by atoms with Gasteiger partial charge in [-0.3, -0.25) is 9.59 Å². The number of carbonyl (C=O) groups is 2.